The molecule has 1 aromatic heterocycles. The van der Waals surface area contributed by atoms with Crippen molar-refractivity contribution in [2.75, 3.05) is 5.32 Å². The molecule has 0 spiro atoms. The van der Waals surface area contributed by atoms with Gasteiger partial charge in [-0.3, -0.25) is 0 Å². The summed E-state index contributed by atoms with van der Waals surface area (Å²) in [6.45, 7) is 4.03. The highest BCUT2D eigenvalue weighted by atomic mass is 35.5. The van der Waals surface area contributed by atoms with E-state index >= 15 is 0 Å². The maximum Gasteiger partial charge on any atom is 0.319 e. The topological polar surface area (TPSA) is 41.1 Å². The summed E-state index contributed by atoms with van der Waals surface area (Å²) < 4.78 is 0.726. The maximum atomic E-state index is 11.9. The van der Waals surface area contributed by atoms with Gasteiger partial charge < -0.3 is 10.6 Å². The van der Waals surface area contributed by atoms with Crippen molar-refractivity contribution < 1.29 is 4.79 Å². The molecule has 106 valence electrons. The number of hydrogen-bond donors (Lipinski definition) is 2. The summed E-state index contributed by atoms with van der Waals surface area (Å²) in [5.74, 6) is 0. The van der Waals surface area contributed by atoms with Gasteiger partial charge in [0, 0.05) is 10.6 Å². The molecule has 3 nitrogen and oxygen atoms in total. The minimum absolute atomic E-state index is 0.0672. The number of urea groups is 1. The molecule has 0 saturated heterocycles. The fourth-order valence-electron chi connectivity index (χ4n) is 1.82. The second-order valence-corrected chi connectivity index (χ2v) is 6.26. The van der Waals surface area contributed by atoms with Gasteiger partial charge in [-0.15, -0.1) is 11.3 Å². The molecule has 2 aromatic rings. The minimum atomic E-state index is -0.216. The van der Waals surface area contributed by atoms with Crippen LogP contribution in [0.3, 0.4) is 0 Å². The lowest BCUT2D eigenvalue weighted by Crippen LogP contribution is -2.30. The number of nitrogens with one attached hydrogen (secondary N) is 2. The fourth-order valence-corrected chi connectivity index (χ4v) is 2.88. The molecule has 1 unspecified atom stereocenters. The smallest absolute Gasteiger partial charge is 0.319 e. The lowest BCUT2D eigenvalue weighted by atomic mass is 10.1. The second-order valence-electron chi connectivity index (χ2n) is 4.51. The molecular weight excluding hydrogens is 292 g/mol. The Morgan fingerprint density at radius 3 is 2.50 bits per heavy atom. The molecule has 1 atom stereocenters. The van der Waals surface area contributed by atoms with Gasteiger partial charge in [-0.1, -0.05) is 30.7 Å². The molecule has 0 bridgehead atoms. The van der Waals surface area contributed by atoms with Crippen molar-refractivity contribution in [3.05, 3.63) is 51.2 Å². The van der Waals surface area contributed by atoms with Crippen molar-refractivity contribution in [3.63, 3.8) is 0 Å². The molecule has 0 aliphatic heterocycles. The number of halogens is 1. The van der Waals surface area contributed by atoms with E-state index in [0.29, 0.717) is 0 Å². The maximum absolute atomic E-state index is 11.9. The largest absolute Gasteiger partial charge is 0.331 e. The van der Waals surface area contributed by atoms with E-state index in [9.17, 15) is 4.79 Å². The van der Waals surface area contributed by atoms with Crippen molar-refractivity contribution in [1.82, 2.24) is 5.32 Å². The van der Waals surface area contributed by atoms with E-state index in [1.54, 1.807) is 0 Å². The van der Waals surface area contributed by atoms with Crippen LogP contribution in [0.2, 0.25) is 4.34 Å². The number of anilines is 1. The lowest BCUT2D eigenvalue weighted by Gasteiger charge is -2.13. The van der Waals surface area contributed by atoms with Crippen LogP contribution in [0.15, 0.2) is 36.4 Å². The van der Waals surface area contributed by atoms with E-state index in [0.717, 1.165) is 21.3 Å². The first-order chi connectivity index (χ1) is 9.58. The molecule has 0 aliphatic rings. The van der Waals surface area contributed by atoms with Gasteiger partial charge in [0.1, 0.15) is 0 Å². The molecule has 2 N–H and O–H groups in total. The Morgan fingerprint density at radius 2 is 1.95 bits per heavy atom. The van der Waals surface area contributed by atoms with E-state index in [4.69, 9.17) is 11.6 Å². The molecule has 0 fully saturated rings. The van der Waals surface area contributed by atoms with Crippen LogP contribution in [0.25, 0.3) is 0 Å². The van der Waals surface area contributed by atoms with E-state index in [1.165, 1.54) is 16.9 Å². The molecule has 5 heteroatoms. The number of hydrogen-bond acceptors (Lipinski definition) is 2. The summed E-state index contributed by atoms with van der Waals surface area (Å²) in [7, 11) is 0. The number of carbonyl (C=O) groups excluding carboxylic acids is 1. The van der Waals surface area contributed by atoms with Gasteiger partial charge in [0.25, 0.3) is 0 Å². The predicted octanol–water partition coefficient (Wildman–Crippen LogP) is 4.85. The third-order valence-corrected chi connectivity index (χ3v) is 4.40. The summed E-state index contributed by atoms with van der Waals surface area (Å²) in [6.07, 6.45) is 0.989. The Hall–Kier alpha value is -1.52. The first kappa shape index (κ1) is 14.9. The van der Waals surface area contributed by atoms with Crippen molar-refractivity contribution >= 4 is 34.7 Å². The van der Waals surface area contributed by atoms with E-state index in [2.05, 4.69) is 17.6 Å². The average molecular weight is 309 g/mol. The van der Waals surface area contributed by atoms with Crippen molar-refractivity contribution in [3.8, 4) is 0 Å². The van der Waals surface area contributed by atoms with Crippen LogP contribution in [0.1, 0.15) is 30.3 Å². The van der Waals surface area contributed by atoms with Crippen LogP contribution in [0.5, 0.6) is 0 Å². The third kappa shape index (κ3) is 3.99. The second kappa shape index (κ2) is 6.77. The molecule has 20 heavy (non-hydrogen) atoms. The molecule has 1 aromatic carbocycles. The summed E-state index contributed by atoms with van der Waals surface area (Å²) >= 11 is 7.36. The predicted molar refractivity (Wildman–Crippen MR) is 85.7 cm³/mol. The normalized spacial score (nSPS) is 11.9. The zero-order valence-corrected chi connectivity index (χ0v) is 13.0. The Labute approximate surface area is 128 Å². The standard InChI is InChI=1S/C15H17ClN2OS/c1-3-11-4-6-12(7-5-11)18-15(19)17-10(2)13-8-9-14(16)20-13/h4-10H,3H2,1-2H3,(H2,17,18,19). The molecule has 1 heterocycles. The number of thiophene rings is 1. The zero-order chi connectivity index (χ0) is 14.5. The molecular formula is C15H17ClN2OS. The van der Waals surface area contributed by atoms with Gasteiger partial charge in [0.05, 0.1) is 10.4 Å². The SMILES string of the molecule is CCc1ccc(NC(=O)NC(C)c2ccc(Cl)s2)cc1. The number of carbonyl (C=O) groups is 1. The van der Waals surface area contributed by atoms with Crippen LogP contribution >= 0.6 is 22.9 Å². The van der Waals surface area contributed by atoms with Crippen LogP contribution in [-0.2, 0) is 6.42 Å². The summed E-state index contributed by atoms with van der Waals surface area (Å²) in [5.41, 5.74) is 2.04. The van der Waals surface area contributed by atoms with E-state index in [1.807, 2.05) is 43.3 Å². The Bertz CT molecular complexity index is 580. The fraction of sp³-hybridized carbons (Fsp3) is 0.267. The highest BCUT2D eigenvalue weighted by Crippen LogP contribution is 2.26. The first-order valence-corrected chi connectivity index (χ1v) is 7.69. The number of rotatable bonds is 4. The Balaban J connectivity index is 1.91. The molecule has 0 radical (unpaired) electrons. The number of benzene rings is 1. The molecule has 0 saturated carbocycles. The minimum Gasteiger partial charge on any atom is -0.331 e. The highest BCUT2D eigenvalue weighted by molar-refractivity contribution is 7.16. The monoisotopic (exact) mass is 308 g/mol. The highest BCUT2D eigenvalue weighted by Gasteiger charge is 2.11. The lowest BCUT2D eigenvalue weighted by molar-refractivity contribution is 0.249. The van der Waals surface area contributed by atoms with Crippen molar-refractivity contribution in [1.29, 1.82) is 0 Å². The van der Waals surface area contributed by atoms with Crippen molar-refractivity contribution in [2.24, 2.45) is 0 Å². The average Bonchev–Trinajstić information content (AvgIpc) is 2.86. The van der Waals surface area contributed by atoms with Gasteiger partial charge in [-0.25, -0.2) is 4.79 Å². The van der Waals surface area contributed by atoms with Gasteiger partial charge in [-0.05, 0) is 43.2 Å². The molecule has 2 rings (SSSR count). The zero-order valence-electron chi connectivity index (χ0n) is 11.4. The van der Waals surface area contributed by atoms with Crippen LogP contribution in [0.4, 0.5) is 10.5 Å². The Kier molecular flexibility index (Phi) is 5.04. The van der Waals surface area contributed by atoms with Crippen LogP contribution < -0.4 is 10.6 Å². The third-order valence-electron chi connectivity index (χ3n) is 2.99. The summed E-state index contributed by atoms with van der Waals surface area (Å²) in [6, 6.07) is 11.3. The van der Waals surface area contributed by atoms with Gasteiger partial charge in [0.2, 0.25) is 0 Å². The van der Waals surface area contributed by atoms with E-state index in [-0.39, 0.29) is 12.1 Å². The first-order valence-electron chi connectivity index (χ1n) is 6.50. The summed E-state index contributed by atoms with van der Waals surface area (Å²) in [4.78, 5) is 12.9. The molecule has 2 amide bonds. The van der Waals surface area contributed by atoms with Gasteiger partial charge in [0.15, 0.2) is 0 Å². The number of aryl methyl sites for hydroxylation is 1. The van der Waals surface area contributed by atoms with Crippen molar-refractivity contribution in [2.45, 2.75) is 26.3 Å². The van der Waals surface area contributed by atoms with Crippen LogP contribution in [0, 0.1) is 0 Å². The Morgan fingerprint density at radius 1 is 1.25 bits per heavy atom. The quantitative estimate of drug-likeness (QED) is 0.833. The number of amides is 2. The van der Waals surface area contributed by atoms with Gasteiger partial charge in [-0.2, -0.15) is 0 Å². The summed E-state index contributed by atoms with van der Waals surface area (Å²) in [5, 5.41) is 5.71. The molecule has 0 aliphatic carbocycles. The van der Waals surface area contributed by atoms with E-state index < -0.39 is 0 Å². The van der Waals surface area contributed by atoms with Crippen LogP contribution in [-0.4, -0.2) is 6.03 Å². The van der Waals surface area contributed by atoms with Gasteiger partial charge >= 0.3 is 6.03 Å².